The fourth-order valence-electron chi connectivity index (χ4n) is 1.28. The Balaban J connectivity index is 2.94. The van der Waals surface area contributed by atoms with Gasteiger partial charge in [0.05, 0.1) is 6.61 Å². The Labute approximate surface area is 102 Å². The second-order valence-corrected chi connectivity index (χ2v) is 3.59. The topological polar surface area (TPSA) is 42.4 Å². The summed E-state index contributed by atoms with van der Waals surface area (Å²) >= 11 is 0. The maximum absolute atomic E-state index is 10.2. The summed E-state index contributed by atoms with van der Waals surface area (Å²) in [7, 11) is 3.77. The van der Waals surface area contributed by atoms with Gasteiger partial charge in [0.15, 0.2) is 11.6 Å². The first kappa shape index (κ1) is 13.0. The summed E-state index contributed by atoms with van der Waals surface area (Å²) in [5.74, 6) is 7.09. The number of carbonyl (C=O) groups is 1. The fraction of sp³-hybridized carbons (Fsp3) is 0.385. The monoisotopic (exact) mass is 232 g/mol. The molecule has 0 bridgehead atoms. The summed E-state index contributed by atoms with van der Waals surface area (Å²) in [5.41, 5.74) is 0.707. The molecule has 4 heteroatoms. The van der Waals surface area contributed by atoms with Crippen LogP contribution < -0.4 is 9.64 Å². The predicted octanol–water partition coefficient (Wildman–Crippen LogP) is 1.49. The summed E-state index contributed by atoms with van der Waals surface area (Å²) in [6, 6.07) is 3.63. The molecule has 1 heterocycles. The van der Waals surface area contributed by atoms with Crippen LogP contribution in [-0.4, -0.2) is 32.0 Å². The van der Waals surface area contributed by atoms with E-state index in [-0.39, 0.29) is 0 Å². The van der Waals surface area contributed by atoms with E-state index in [1.54, 1.807) is 13.0 Å². The molecule has 0 amide bonds. The molecule has 1 rings (SSSR count). The van der Waals surface area contributed by atoms with Crippen molar-refractivity contribution in [3.63, 3.8) is 0 Å². The third-order valence-corrected chi connectivity index (χ3v) is 2.01. The molecule has 0 unspecified atom stereocenters. The molecule has 0 aromatic carbocycles. The van der Waals surface area contributed by atoms with Crippen molar-refractivity contribution in [3.05, 3.63) is 17.8 Å². The Morgan fingerprint density at radius 3 is 2.82 bits per heavy atom. The Hall–Kier alpha value is -2.02. The first-order valence-corrected chi connectivity index (χ1v) is 5.36. The molecule has 0 radical (unpaired) electrons. The highest BCUT2D eigenvalue weighted by Gasteiger charge is 2.08. The summed E-state index contributed by atoms with van der Waals surface area (Å²) in [6.45, 7) is 2.14. The molecule has 0 saturated heterocycles. The number of aromatic nitrogens is 1. The minimum atomic E-state index is 0.366. The van der Waals surface area contributed by atoms with E-state index in [0.29, 0.717) is 24.5 Å². The molecule has 0 aliphatic heterocycles. The van der Waals surface area contributed by atoms with Crippen molar-refractivity contribution in [1.29, 1.82) is 0 Å². The van der Waals surface area contributed by atoms with Crippen molar-refractivity contribution in [1.82, 2.24) is 4.98 Å². The number of aldehydes is 1. The van der Waals surface area contributed by atoms with E-state index in [9.17, 15) is 4.79 Å². The van der Waals surface area contributed by atoms with E-state index in [0.717, 1.165) is 12.1 Å². The molecule has 1 aromatic rings. The summed E-state index contributed by atoms with van der Waals surface area (Å²) in [5, 5.41) is 0. The second-order valence-electron chi connectivity index (χ2n) is 3.59. The van der Waals surface area contributed by atoms with E-state index >= 15 is 0 Å². The average Bonchev–Trinajstić information content (AvgIpc) is 2.31. The Bertz CT molecular complexity index is 444. The third kappa shape index (κ3) is 3.80. The van der Waals surface area contributed by atoms with Crippen molar-refractivity contribution in [2.45, 2.75) is 13.3 Å². The molecule has 0 N–H and O–H groups in total. The van der Waals surface area contributed by atoms with Gasteiger partial charge in [0.2, 0.25) is 0 Å². The van der Waals surface area contributed by atoms with E-state index in [2.05, 4.69) is 16.8 Å². The second kappa shape index (κ2) is 6.54. The number of anilines is 1. The zero-order valence-corrected chi connectivity index (χ0v) is 10.4. The molecular formula is C13H16N2O2. The maximum Gasteiger partial charge on any atom is 0.172 e. The van der Waals surface area contributed by atoms with E-state index in [1.165, 1.54) is 0 Å². The van der Waals surface area contributed by atoms with Gasteiger partial charge in [-0.2, -0.15) is 0 Å². The molecule has 0 fully saturated rings. The highest BCUT2D eigenvalue weighted by molar-refractivity contribution is 5.54. The number of carbonyl (C=O) groups excluding carboxylic acids is 1. The van der Waals surface area contributed by atoms with Crippen LogP contribution in [0.4, 0.5) is 5.82 Å². The Kier molecular flexibility index (Phi) is 5.02. The van der Waals surface area contributed by atoms with Crippen molar-refractivity contribution in [2.24, 2.45) is 0 Å². The summed E-state index contributed by atoms with van der Waals surface area (Å²) < 4.78 is 5.49. The lowest BCUT2D eigenvalue weighted by molar-refractivity contribution is -0.108. The van der Waals surface area contributed by atoms with Gasteiger partial charge in [0.1, 0.15) is 12.0 Å². The van der Waals surface area contributed by atoms with Crippen molar-refractivity contribution in [2.75, 3.05) is 25.6 Å². The van der Waals surface area contributed by atoms with E-state index < -0.39 is 0 Å². The molecule has 17 heavy (non-hydrogen) atoms. The molecular weight excluding hydrogens is 216 g/mol. The van der Waals surface area contributed by atoms with E-state index in [4.69, 9.17) is 4.74 Å². The van der Waals surface area contributed by atoms with Crippen LogP contribution >= 0.6 is 0 Å². The molecule has 0 spiro atoms. The molecule has 0 aliphatic rings. The third-order valence-electron chi connectivity index (χ3n) is 2.01. The van der Waals surface area contributed by atoms with Gasteiger partial charge in [-0.25, -0.2) is 4.98 Å². The molecule has 0 saturated carbocycles. The highest BCUT2D eigenvalue weighted by Crippen LogP contribution is 2.24. The summed E-state index contributed by atoms with van der Waals surface area (Å²) in [6.07, 6.45) is 1.21. The smallest absolute Gasteiger partial charge is 0.172 e. The number of rotatable bonds is 5. The zero-order valence-electron chi connectivity index (χ0n) is 10.4. The maximum atomic E-state index is 10.2. The van der Waals surface area contributed by atoms with Crippen LogP contribution in [0.25, 0.3) is 0 Å². The molecule has 90 valence electrons. The number of nitrogens with zero attached hydrogens (tertiary/aromatic N) is 2. The van der Waals surface area contributed by atoms with Gasteiger partial charge in [-0.1, -0.05) is 5.92 Å². The molecule has 4 nitrogen and oxygen atoms in total. The van der Waals surface area contributed by atoms with Crippen molar-refractivity contribution < 1.29 is 9.53 Å². The number of hydrogen-bond acceptors (Lipinski definition) is 4. The standard InChI is InChI=1S/C13H16N2O2/c1-4-6-11-7-8-12(17-10-5-9-16)13(14-11)15(2)3/h7-9H,5,10H2,1-3H3. The minimum Gasteiger partial charge on any atom is -0.489 e. The van der Waals surface area contributed by atoms with Crippen LogP contribution in [-0.2, 0) is 4.79 Å². The van der Waals surface area contributed by atoms with Crippen LogP contribution in [0.2, 0.25) is 0 Å². The van der Waals surface area contributed by atoms with Crippen LogP contribution in [0.1, 0.15) is 19.0 Å². The first-order valence-electron chi connectivity index (χ1n) is 5.36. The van der Waals surface area contributed by atoms with E-state index in [1.807, 2.05) is 25.1 Å². The predicted molar refractivity (Wildman–Crippen MR) is 67.3 cm³/mol. The summed E-state index contributed by atoms with van der Waals surface area (Å²) in [4.78, 5) is 16.5. The van der Waals surface area contributed by atoms with Crippen molar-refractivity contribution in [3.8, 4) is 17.6 Å². The lowest BCUT2D eigenvalue weighted by atomic mass is 10.3. The lowest BCUT2D eigenvalue weighted by Crippen LogP contribution is -2.13. The highest BCUT2D eigenvalue weighted by atomic mass is 16.5. The number of hydrogen-bond donors (Lipinski definition) is 0. The molecule has 0 atom stereocenters. The van der Waals surface area contributed by atoms with Crippen LogP contribution in [0.5, 0.6) is 5.75 Å². The first-order chi connectivity index (χ1) is 8.19. The Morgan fingerprint density at radius 1 is 1.47 bits per heavy atom. The van der Waals surface area contributed by atoms with Gasteiger partial charge in [-0.05, 0) is 25.0 Å². The lowest BCUT2D eigenvalue weighted by Gasteiger charge is -2.16. The quantitative estimate of drug-likeness (QED) is 0.438. The number of pyridine rings is 1. The largest absolute Gasteiger partial charge is 0.489 e. The average molecular weight is 232 g/mol. The van der Waals surface area contributed by atoms with Gasteiger partial charge >= 0.3 is 0 Å². The van der Waals surface area contributed by atoms with Crippen LogP contribution in [0.3, 0.4) is 0 Å². The SMILES string of the molecule is CC#Cc1ccc(OCCC=O)c(N(C)C)n1. The van der Waals surface area contributed by atoms with Gasteiger partial charge < -0.3 is 14.4 Å². The van der Waals surface area contributed by atoms with Gasteiger partial charge in [0.25, 0.3) is 0 Å². The van der Waals surface area contributed by atoms with Crippen LogP contribution in [0.15, 0.2) is 12.1 Å². The Morgan fingerprint density at radius 2 is 2.24 bits per heavy atom. The zero-order chi connectivity index (χ0) is 12.7. The van der Waals surface area contributed by atoms with Gasteiger partial charge in [-0.3, -0.25) is 0 Å². The normalized spacial score (nSPS) is 9.12. The fourth-order valence-corrected chi connectivity index (χ4v) is 1.28. The van der Waals surface area contributed by atoms with Gasteiger partial charge in [-0.15, -0.1) is 0 Å². The molecule has 1 aromatic heterocycles. The van der Waals surface area contributed by atoms with Crippen LogP contribution in [0, 0.1) is 11.8 Å². The number of ether oxygens (including phenoxy) is 1. The minimum absolute atomic E-state index is 0.366. The van der Waals surface area contributed by atoms with Crippen molar-refractivity contribution >= 4 is 12.1 Å². The molecule has 0 aliphatic carbocycles. The van der Waals surface area contributed by atoms with Gasteiger partial charge in [0, 0.05) is 20.5 Å².